The van der Waals surface area contributed by atoms with Crippen LogP contribution in [-0.2, 0) is 4.79 Å². The van der Waals surface area contributed by atoms with Crippen molar-refractivity contribution in [2.45, 2.75) is 36.8 Å². The van der Waals surface area contributed by atoms with E-state index in [4.69, 9.17) is 4.98 Å². The van der Waals surface area contributed by atoms with Gasteiger partial charge in [0.15, 0.2) is 0 Å². The molecule has 144 valence electrons. The monoisotopic (exact) mass is 395 g/mol. The van der Waals surface area contributed by atoms with Crippen LogP contribution in [0.25, 0.3) is 10.9 Å². The number of hydrogen-bond acceptors (Lipinski definition) is 4. The van der Waals surface area contributed by atoms with Gasteiger partial charge in [0, 0.05) is 18.4 Å². The third-order valence-electron chi connectivity index (χ3n) is 5.19. The van der Waals surface area contributed by atoms with E-state index in [2.05, 4.69) is 4.98 Å². The van der Waals surface area contributed by atoms with E-state index in [-0.39, 0.29) is 17.8 Å². The average Bonchev–Trinajstić information content (AvgIpc) is 3.56. The van der Waals surface area contributed by atoms with Crippen LogP contribution in [0, 0.1) is 5.82 Å². The van der Waals surface area contributed by atoms with Gasteiger partial charge in [0.2, 0.25) is 5.91 Å². The first kappa shape index (κ1) is 18.9. The Morgan fingerprint density at radius 2 is 1.89 bits per heavy atom. The van der Waals surface area contributed by atoms with Gasteiger partial charge in [-0.2, -0.15) is 0 Å². The summed E-state index contributed by atoms with van der Waals surface area (Å²) in [6, 6.07) is 14.1. The second kappa shape index (κ2) is 7.87. The van der Waals surface area contributed by atoms with Crippen LogP contribution in [0.5, 0.6) is 0 Å². The highest BCUT2D eigenvalue weighted by Gasteiger charge is 2.28. The molecular formula is C22H22FN3OS. The van der Waals surface area contributed by atoms with Crippen LogP contribution in [0.1, 0.15) is 43.1 Å². The lowest BCUT2D eigenvalue weighted by Gasteiger charge is -2.25. The maximum absolute atomic E-state index is 13.1. The fourth-order valence-electron chi connectivity index (χ4n) is 3.11. The summed E-state index contributed by atoms with van der Waals surface area (Å²) in [5, 5.41) is 1.85. The van der Waals surface area contributed by atoms with Crippen molar-refractivity contribution in [2.24, 2.45) is 0 Å². The molecule has 1 atom stereocenters. The summed E-state index contributed by atoms with van der Waals surface area (Å²) in [4.78, 5) is 23.9. The van der Waals surface area contributed by atoms with Crippen LogP contribution < -0.4 is 0 Å². The van der Waals surface area contributed by atoms with Crippen LogP contribution in [0.3, 0.4) is 0 Å². The minimum atomic E-state index is -0.275. The van der Waals surface area contributed by atoms with Crippen molar-refractivity contribution in [3.63, 3.8) is 0 Å². The highest BCUT2D eigenvalue weighted by molar-refractivity contribution is 8.00. The smallest absolute Gasteiger partial charge is 0.233 e. The predicted octanol–water partition coefficient (Wildman–Crippen LogP) is 4.96. The van der Waals surface area contributed by atoms with E-state index in [0.29, 0.717) is 11.7 Å². The first-order valence-electron chi connectivity index (χ1n) is 9.43. The third-order valence-corrected chi connectivity index (χ3v) is 6.16. The highest BCUT2D eigenvalue weighted by Crippen LogP contribution is 2.39. The molecule has 1 saturated carbocycles. The molecule has 4 rings (SSSR count). The number of benzene rings is 2. The summed E-state index contributed by atoms with van der Waals surface area (Å²) in [5.74, 6) is 1.38. The van der Waals surface area contributed by atoms with Crippen molar-refractivity contribution in [3.05, 3.63) is 65.7 Å². The normalized spacial score (nSPS) is 14.8. The fourth-order valence-corrected chi connectivity index (χ4v) is 4.06. The Morgan fingerprint density at radius 1 is 1.18 bits per heavy atom. The van der Waals surface area contributed by atoms with E-state index in [9.17, 15) is 9.18 Å². The Labute approximate surface area is 168 Å². The molecule has 0 bridgehead atoms. The molecular weight excluding hydrogens is 373 g/mol. The Bertz CT molecular complexity index is 1000. The molecule has 1 unspecified atom stereocenters. The summed E-state index contributed by atoms with van der Waals surface area (Å²) in [5.41, 5.74) is 1.84. The number of amides is 1. The third kappa shape index (κ3) is 4.02. The Balaban J connectivity index is 1.49. The molecule has 1 aliphatic rings. The van der Waals surface area contributed by atoms with Crippen molar-refractivity contribution in [3.8, 4) is 0 Å². The van der Waals surface area contributed by atoms with E-state index in [1.807, 2.05) is 31.2 Å². The lowest BCUT2D eigenvalue weighted by Crippen LogP contribution is -2.31. The SMILES string of the molecule is CC(c1ccc(F)cc1)N(C)C(=O)CSc1nc(C2CC2)nc2ccccc12. The number of nitrogens with zero attached hydrogens (tertiary/aromatic N) is 3. The van der Waals surface area contributed by atoms with Gasteiger partial charge < -0.3 is 4.90 Å². The zero-order chi connectivity index (χ0) is 19.7. The molecule has 0 N–H and O–H groups in total. The average molecular weight is 396 g/mol. The minimum Gasteiger partial charge on any atom is -0.338 e. The van der Waals surface area contributed by atoms with Crippen LogP contribution in [0.15, 0.2) is 53.6 Å². The topological polar surface area (TPSA) is 46.1 Å². The van der Waals surface area contributed by atoms with Gasteiger partial charge in [-0.3, -0.25) is 4.79 Å². The van der Waals surface area contributed by atoms with Crippen molar-refractivity contribution in [1.29, 1.82) is 0 Å². The lowest BCUT2D eigenvalue weighted by atomic mass is 10.1. The van der Waals surface area contributed by atoms with Crippen LogP contribution in [-0.4, -0.2) is 33.6 Å². The zero-order valence-corrected chi connectivity index (χ0v) is 16.7. The Morgan fingerprint density at radius 3 is 2.61 bits per heavy atom. The number of para-hydroxylation sites is 1. The van der Waals surface area contributed by atoms with Crippen molar-refractivity contribution < 1.29 is 9.18 Å². The Kier molecular flexibility index (Phi) is 5.31. The van der Waals surface area contributed by atoms with Gasteiger partial charge >= 0.3 is 0 Å². The van der Waals surface area contributed by atoms with Crippen LogP contribution in [0.2, 0.25) is 0 Å². The molecule has 0 radical (unpaired) electrons. The molecule has 4 nitrogen and oxygen atoms in total. The number of aromatic nitrogens is 2. The molecule has 1 fully saturated rings. The van der Waals surface area contributed by atoms with Gasteiger partial charge in [0.25, 0.3) is 0 Å². The minimum absolute atomic E-state index is 0.0116. The van der Waals surface area contributed by atoms with Gasteiger partial charge in [-0.25, -0.2) is 14.4 Å². The molecule has 1 aliphatic carbocycles. The van der Waals surface area contributed by atoms with Crippen LogP contribution in [0.4, 0.5) is 4.39 Å². The molecule has 28 heavy (non-hydrogen) atoms. The number of hydrogen-bond donors (Lipinski definition) is 0. The Hall–Kier alpha value is -2.47. The maximum atomic E-state index is 13.1. The lowest BCUT2D eigenvalue weighted by molar-refractivity contribution is -0.128. The molecule has 1 heterocycles. The largest absolute Gasteiger partial charge is 0.338 e. The van der Waals surface area contributed by atoms with E-state index in [1.54, 1.807) is 24.1 Å². The maximum Gasteiger partial charge on any atom is 0.233 e. The van der Waals surface area contributed by atoms with E-state index in [1.165, 1.54) is 23.9 Å². The second-order valence-corrected chi connectivity index (χ2v) is 8.16. The van der Waals surface area contributed by atoms with Gasteiger partial charge in [-0.05, 0) is 43.5 Å². The summed E-state index contributed by atoms with van der Waals surface area (Å²) < 4.78 is 13.1. The second-order valence-electron chi connectivity index (χ2n) is 7.20. The van der Waals surface area contributed by atoms with Crippen LogP contribution >= 0.6 is 11.8 Å². The molecule has 3 aromatic rings. The standard InChI is InChI=1S/C22H22FN3OS/c1-14(15-9-11-17(23)12-10-15)26(2)20(27)13-28-22-18-5-3-4-6-19(18)24-21(25-22)16-7-8-16/h3-6,9-12,14,16H,7-8,13H2,1-2H3. The number of halogens is 1. The van der Waals surface area contributed by atoms with Crippen molar-refractivity contribution in [2.75, 3.05) is 12.8 Å². The number of carbonyl (C=O) groups is 1. The number of thioether (sulfide) groups is 1. The van der Waals surface area contributed by atoms with Crippen molar-refractivity contribution in [1.82, 2.24) is 14.9 Å². The first-order chi connectivity index (χ1) is 13.5. The van der Waals surface area contributed by atoms with E-state index < -0.39 is 0 Å². The fraction of sp³-hybridized carbons (Fsp3) is 0.318. The van der Waals surface area contributed by atoms with Gasteiger partial charge in [-0.15, -0.1) is 0 Å². The summed E-state index contributed by atoms with van der Waals surface area (Å²) in [6.07, 6.45) is 2.28. The number of fused-ring (bicyclic) bond motifs is 1. The summed E-state index contributed by atoms with van der Waals surface area (Å²) >= 11 is 1.46. The summed E-state index contributed by atoms with van der Waals surface area (Å²) in [7, 11) is 1.78. The first-order valence-corrected chi connectivity index (χ1v) is 10.4. The molecule has 0 aliphatic heterocycles. The number of rotatable bonds is 6. The van der Waals surface area contributed by atoms with Gasteiger partial charge in [0.05, 0.1) is 17.3 Å². The molecule has 1 amide bonds. The highest BCUT2D eigenvalue weighted by atomic mass is 32.2. The van der Waals surface area contributed by atoms with E-state index in [0.717, 1.165) is 40.2 Å². The predicted molar refractivity (Wildman–Crippen MR) is 110 cm³/mol. The van der Waals surface area contributed by atoms with Gasteiger partial charge in [-0.1, -0.05) is 42.1 Å². The molecule has 1 aromatic heterocycles. The van der Waals surface area contributed by atoms with Gasteiger partial charge in [0.1, 0.15) is 16.7 Å². The molecule has 0 saturated heterocycles. The molecule has 2 aromatic carbocycles. The summed E-state index contributed by atoms with van der Waals surface area (Å²) in [6.45, 7) is 1.95. The molecule has 0 spiro atoms. The quantitative estimate of drug-likeness (QED) is 0.437. The van der Waals surface area contributed by atoms with Crippen molar-refractivity contribution >= 4 is 28.6 Å². The number of carbonyl (C=O) groups excluding carboxylic acids is 1. The zero-order valence-electron chi connectivity index (χ0n) is 15.9. The van der Waals surface area contributed by atoms with E-state index >= 15 is 0 Å². The molecule has 6 heteroatoms.